The Hall–Kier alpha value is -1.89. The number of hydrogen-bond acceptors (Lipinski definition) is 5. The van der Waals surface area contributed by atoms with Crippen LogP contribution in [0.25, 0.3) is 6.08 Å². The van der Waals surface area contributed by atoms with Gasteiger partial charge in [0.05, 0.1) is 13.2 Å². The van der Waals surface area contributed by atoms with Crippen molar-refractivity contribution in [3.8, 4) is 5.75 Å². The van der Waals surface area contributed by atoms with Gasteiger partial charge in [0.15, 0.2) is 0 Å². The highest BCUT2D eigenvalue weighted by Crippen LogP contribution is 2.10. The average Bonchev–Trinajstić information content (AvgIpc) is 2.39. The van der Waals surface area contributed by atoms with E-state index in [0.717, 1.165) is 11.6 Å². The van der Waals surface area contributed by atoms with Crippen LogP contribution in [0.5, 0.6) is 5.75 Å². The summed E-state index contributed by atoms with van der Waals surface area (Å²) in [7, 11) is 0. The highest BCUT2D eigenvalue weighted by atomic mass is 16.4. The van der Waals surface area contributed by atoms with E-state index in [1.54, 1.807) is 12.1 Å². The fraction of sp³-hybridized carbons (Fsp3) is 0.308. The van der Waals surface area contributed by atoms with Crippen molar-refractivity contribution in [1.29, 1.82) is 0 Å². The van der Waals surface area contributed by atoms with Gasteiger partial charge in [-0.3, -0.25) is 0 Å². The van der Waals surface area contributed by atoms with Gasteiger partial charge in [0.1, 0.15) is 5.75 Å². The summed E-state index contributed by atoms with van der Waals surface area (Å²) < 4.78 is 0. The number of aromatic hydroxyl groups is 1. The van der Waals surface area contributed by atoms with Gasteiger partial charge in [0.25, 0.3) is 0 Å². The SMILES string of the molecule is O=C(O)C=Cc1ccc(O)cc1.OCCNCCO. The highest BCUT2D eigenvalue weighted by Gasteiger charge is 1.89. The summed E-state index contributed by atoms with van der Waals surface area (Å²) in [6, 6.07) is 6.27. The van der Waals surface area contributed by atoms with Gasteiger partial charge in [-0.25, -0.2) is 4.79 Å². The third-order valence-corrected chi connectivity index (χ3v) is 1.89. The summed E-state index contributed by atoms with van der Waals surface area (Å²) in [4.78, 5) is 10.1. The lowest BCUT2D eigenvalue weighted by atomic mass is 10.2. The molecule has 1 aromatic rings. The van der Waals surface area contributed by atoms with Crippen molar-refractivity contribution in [2.24, 2.45) is 0 Å². The molecule has 6 heteroatoms. The molecule has 0 saturated carbocycles. The smallest absolute Gasteiger partial charge is 0.328 e. The van der Waals surface area contributed by atoms with Crippen LogP contribution in [0.2, 0.25) is 0 Å². The van der Waals surface area contributed by atoms with E-state index in [2.05, 4.69) is 5.32 Å². The van der Waals surface area contributed by atoms with Crippen LogP contribution in [0.4, 0.5) is 0 Å². The molecule has 0 aliphatic rings. The van der Waals surface area contributed by atoms with Gasteiger partial charge in [-0.15, -0.1) is 0 Å². The second kappa shape index (κ2) is 11.2. The fourth-order valence-corrected chi connectivity index (χ4v) is 1.04. The molecular weight excluding hydrogens is 250 g/mol. The molecule has 106 valence electrons. The molecule has 0 fully saturated rings. The first-order valence-corrected chi connectivity index (χ1v) is 5.72. The van der Waals surface area contributed by atoms with Crippen LogP contribution in [0, 0.1) is 0 Å². The lowest BCUT2D eigenvalue weighted by Gasteiger charge is -1.94. The molecule has 0 spiro atoms. The minimum Gasteiger partial charge on any atom is -0.508 e. The number of phenols is 1. The fourth-order valence-electron chi connectivity index (χ4n) is 1.04. The summed E-state index contributed by atoms with van der Waals surface area (Å²) in [5.74, 6) is -0.814. The Labute approximate surface area is 111 Å². The van der Waals surface area contributed by atoms with Gasteiger partial charge in [0.2, 0.25) is 0 Å². The normalized spacial score (nSPS) is 10.0. The van der Waals surface area contributed by atoms with Crippen molar-refractivity contribution in [2.45, 2.75) is 0 Å². The summed E-state index contributed by atoms with van der Waals surface area (Å²) in [6.07, 6.45) is 2.51. The molecule has 0 heterocycles. The Morgan fingerprint density at radius 1 is 1.11 bits per heavy atom. The Morgan fingerprint density at radius 3 is 2.05 bits per heavy atom. The van der Waals surface area contributed by atoms with Crippen LogP contribution in [0.15, 0.2) is 30.3 Å². The lowest BCUT2D eigenvalue weighted by Crippen LogP contribution is -2.21. The predicted molar refractivity (Wildman–Crippen MR) is 71.8 cm³/mol. The number of carboxylic acid groups (broad SMARTS) is 1. The standard InChI is InChI=1S/C9H8O3.C4H11NO2/c10-8-4-1-7(2-5-8)3-6-9(11)12;6-3-1-5-2-4-7/h1-6,10H,(H,11,12);5-7H,1-4H2. The first kappa shape index (κ1) is 17.1. The number of aliphatic carboxylic acids is 1. The number of phenolic OH excluding ortho intramolecular Hbond substituents is 1. The first-order valence-electron chi connectivity index (χ1n) is 5.72. The van der Waals surface area contributed by atoms with E-state index in [9.17, 15) is 4.79 Å². The van der Waals surface area contributed by atoms with E-state index in [1.165, 1.54) is 18.2 Å². The van der Waals surface area contributed by atoms with Gasteiger partial charge in [0, 0.05) is 19.2 Å². The third kappa shape index (κ3) is 11.0. The number of carboxylic acids is 1. The first-order chi connectivity index (χ1) is 9.10. The number of aliphatic hydroxyl groups excluding tert-OH is 2. The van der Waals surface area contributed by atoms with Crippen LogP contribution in [0.1, 0.15) is 5.56 Å². The predicted octanol–water partition coefficient (Wildman–Crippen LogP) is 0.0506. The van der Waals surface area contributed by atoms with Crippen LogP contribution in [-0.2, 0) is 4.79 Å². The molecule has 0 aliphatic heterocycles. The van der Waals surface area contributed by atoms with Gasteiger partial charge in [-0.05, 0) is 23.8 Å². The van der Waals surface area contributed by atoms with Crippen molar-refractivity contribution in [1.82, 2.24) is 5.32 Å². The van der Waals surface area contributed by atoms with E-state index in [4.69, 9.17) is 20.4 Å². The topological polar surface area (TPSA) is 110 Å². The van der Waals surface area contributed by atoms with E-state index in [1.807, 2.05) is 0 Å². The highest BCUT2D eigenvalue weighted by molar-refractivity contribution is 5.85. The molecule has 1 aromatic carbocycles. The molecule has 0 unspecified atom stereocenters. The maximum absolute atomic E-state index is 10.1. The summed E-state index contributed by atoms with van der Waals surface area (Å²) in [6.45, 7) is 1.42. The van der Waals surface area contributed by atoms with Crippen molar-refractivity contribution in [3.63, 3.8) is 0 Å². The number of carbonyl (C=O) groups is 1. The van der Waals surface area contributed by atoms with Gasteiger partial charge in [-0.1, -0.05) is 12.1 Å². The average molecular weight is 269 g/mol. The van der Waals surface area contributed by atoms with E-state index >= 15 is 0 Å². The molecule has 0 radical (unpaired) electrons. The Bertz CT molecular complexity index is 371. The van der Waals surface area contributed by atoms with Gasteiger partial charge >= 0.3 is 5.97 Å². The van der Waals surface area contributed by atoms with E-state index in [-0.39, 0.29) is 19.0 Å². The van der Waals surface area contributed by atoms with Crippen LogP contribution in [-0.4, -0.2) is 52.7 Å². The number of aliphatic hydroxyl groups is 2. The molecule has 0 amide bonds. The molecule has 1 rings (SSSR count). The maximum atomic E-state index is 10.1. The molecular formula is C13H19NO5. The Balaban J connectivity index is 0.000000399. The zero-order valence-corrected chi connectivity index (χ0v) is 10.5. The minimum atomic E-state index is -0.983. The van der Waals surface area contributed by atoms with Crippen LogP contribution < -0.4 is 5.32 Å². The van der Waals surface area contributed by atoms with Crippen molar-refractivity contribution in [3.05, 3.63) is 35.9 Å². The number of nitrogens with one attached hydrogen (secondary N) is 1. The maximum Gasteiger partial charge on any atom is 0.328 e. The van der Waals surface area contributed by atoms with Crippen molar-refractivity contribution >= 4 is 12.0 Å². The van der Waals surface area contributed by atoms with Crippen molar-refractivity contribution in [2.75, 3.05) is 26.3 Å². The third-order valence-electron chi connectivity index (χ3n) is 1.89. The largest absolute Gasteiger partial charge is 0.508 e. The Morgan fingerprint density at radius 2 is 1.63 bits per heavy atom. The molecule has 6 nitrogen and oxygen atoms in total. The Kier molecular flexibility index (Phi) is 10.1. The summed E-state index contributed by atoms with van der Waals surface area (Å²) in [5, 5.41) is 36.3. The van der Waals surface area contributed by atoms with E-state index in [0.29, 0.717) is 13.1 Å². The van der Waals surface area contributed by atoms with Gasteiger partial charge < -0.3 is 25.7 Å². The minimum absolute atomic E-state index is 0.139. The molecule has 0 saturated heterocycles. The zero-order chi connectivity index (χ0) is 14.5. The summed E-state index contributed by atoms with van der Waals surface area (Å²) >= 11 is 0. The van der Waals surface area contributed by atoms with E-state index < -0.39 is 5.97 Å². The second-order valence-electron chi connectivity index (χ2n) is 3.46. The molecule has 0 atom stereocenters. The molecule has 0 aromatic heterocycles. The number of benzene rings is 1. The monoisotopic (exact) mass is 269 g/mol. The summed E-state index contributed by atoms with van der Waals surface area (Å²) in [5.41, 5.74) is 0.746. The van der Waals surface area contributed by atoms with Crippen LogP contribution in [0.3, 0.4) is 0 Å². The quantitative estimate of drug-likeness (QED) is 0.369. The van der Waals surface area contributed by atoms with Crippen LogP contribution >= 0.6 is 0 Å². The number of hydrogen-bond donors (Lipinski definition) is 5. The van der Waals surface area contributed by atoms with Gasteiger partial charge in [-0.2, -0.15) is 0 Å². The molecule has 0 aliphatic carbocycles. The molecule has 0 bridgehead atoms. The zero-order valence-electron chi connectivity index (χ0n) is 10.5. The van der Waals surface area contributed by atoms with Crippen molar-refractivity contribution < 1.29 is 25.2 Å². The lowest BCUT2D eigenvalue weighted by molar-refractivity contribution is -0.131. The number of rotatable bonds is 6. The second-order valence-corrected chi connectivity index (χ2v) is 3.46. The molecule has 5 N–H and O–H groups in total. The molecule has 19 heavy (non-hydrogen) atoms.